The van der Waals surface area contributed by atoms with Crippen LogP contribution in [0.5, 0.6) is 5.88 Å². The van der Waals surface area contributed by atoms with Crippen LogP contribution in [0.3, 0.4) is 0 Å². The van der Waals surface area contributed by atoms with Crippen molar-refractivity contribution in [1.29, 1.82) is 0 Å². The highest BCUT2D eigenvalue weighted by atomic mass is 16.3. The maximum absolute atomic E-state index is 12.8. The van der Waals surface area contributed by atoms with Gasteiger partial charge in [0.25, 0.3) is 11.5 Å². The molecule has 3 rings (SSSR count). The van der Waals surface area contributed by atoms with E-state index in [0.29, 0.717) is 17.8 Å². The van der Waals surface area contributed by atoms with Crippen molar-refractivity contribution >= 4 is 17.6 Å². The molecule has 1 fully saturated rings. The molecule has 1 saturated carbocycles. The van der Waals surface area contributed by atoms with Crippen LogP contribution in [0.2, 0.25) is 0 Å². The normalized spacial score (nSPS) is 15.2. The summed E-state index contributed by atoms with van der Waals surface area (Å²) in [6, 6.07) is 0.0634. The first kappa shape index (κ1) is 19.2. The molecule has 0 aromatic carbocycles. The number of aromatic hydroxyl groups is 1. The first-order chi connectivity index (χ1) is 12.6. The Morgan fingerprint density at radius 1 is 1.44 bits per heavy atom. The highest BCUT2D eigenvalue weighted by Crippen LogP contribution is 2.25. The van der Waals surface area contributed by atoms with Gasteiger partial charge in [0, 0.05) is 18.2 Å². The molecule has 1 aliphatic rings. The zero-order valence-electron chi connectivity index (χ0n) is 16.1. The molecule has 27 heavy (non-hydrogen) atoms. The molecule has 2 heterocycles. The van der Waals surface area contributed by atoms with E-state index in [1.165, 1.54) is 10.8 Å². The number of carbonyl (C=O) groups is 1. The van der Waals surface area contributed by atoms with Gasteiger partial charge in [0.05, 0.1) is 11.8 Å². The Labute approximate surface area is 157 Å². The summed E-state index contributed by atoms with van der Waals surface area (Å²) in [6.45, 7) is 7.61. The number of hydrogen-bond donors (Lipinski definition) is 3. The number of nitrogens with zero attached hydrogens (tertiary/aromatic N) is 3. The second kappa shape index (κ2) is 6.84. The molecule has 0 radical (unpaired) electrons. The van der Waals surface area contributed by atoms with E-state index >= 15 is 0 Å². The third kappa shape index (κ3) is 4.05. The van der Waals surface area contributed by atoms with E-state index in [-0.39, 0.29) is 23.4 Å². The zero-order valence-corrected chi connectivity index (χ0v) is 16.1. The number of amides is 1. The van der Waals surface area contributed by atoms with Gasteiger partial charge < -0.3 is 15.5 Å². The summed E-state index contributed by atoms with van der Waals surface area (Å²) in [5.41, 5.74) is -1.04. The van der Waals surface area contributed by atoms with E-state index in [4.69, 9.17) is 0 Å². The zero-order chi connectivity index (χ0) is 19.9. The predicted molar refractivity (Wildman–Crippen MR) is 102 cm³/mol. The van der Waals surface area contributed by atoms with Crippen molar-refractivity contribution in [3.8, 4) is 5.88 Å². The van der Waals surface area contributed by atoms with Crippen molar-refractivity contribution in [3.05, 3.63) is 33.8 Å². The van der Waals surface area contributed by atoms with Crippen LogP contribution in [0.15, 0.2) is 17.1 Å². The highest BCUT2D eigenvalue weighted by Gasteiger charge is 2.29. The van der Waals surface area contributed by atoms with Crippen LogP contribution in [0.1, 0.15) is 56.5 Å². The fourth-order valence-electron chi connectivity index (χ4n) is 2.84. The molecule has 0 bridgehead atoms. The Morgan fingerprint density at radius 2 is 2.11 bits per heavy atom. The van der Waals surface area contributed by atoms with Gasteiger partial charge in [-0.15, -0.1) is 0 Å². The van der Waals surface area contributed by atoms with Gasteiger partial charge in [0.15, 0.2) is 5.56 Å². The maximum atomic E-state index is 12.8. The van der Waals surface area contributed by atoms with Crippen LogP contribution >= 0.6 is 0 Å². The van der Waals surface area contributed by atoms with Gasteiger partial charge in [-0.05, 0) is 32.6 Å². The van der Waals surface area contributed by atoms with E-state index in [1.807, 2.05) is 13.8 Å². The van der Waals surface area contributed by atoms with Crippen molar-refractivity contribution in [1.82, 2.24) is 19.5 Å². The fraction of sp³-hybridized carbons (Fsp3) is 0.526. The highest BCUT2D eigenvalue weighted by molar-refractivity contribution is 5.96. The van der Waals surface area contributed by atoms with Crippen molar-refractivity contribution in [2.24, 2.45) is 5.92 Å². The molecule has 0 unspecified atom stereocenters. The molecule has 2 aromatic rings. The fourth-order valence-corrected chi connectivity index (χ4v) is 2.84. The van der Waals surface area contributed by atoms with Crippen molar-refractivity contribution in [3.63, 3.8) is 0 Å². The number of rotatable bonds is 6. The van der Waals surface area contributed by atoms with Gasteiger partial charge in [0.1, 0.15) is 5.65 Å². The lowest BCUT2D eigenvalue weighted by Gasteiger charge is -2.17. The quantitative estimate of drug-likeness (QED) is 0.711. The lowest BCUT2D eigenvalue weighted by molar-refractivity contribution is 0.0944. The van der Waals surface area contributed by atoms with Crippen LogP contribution in [-0.4, -0.2) is 41.9 Å². The molecule has 146 valence electrons. The summed E-state index contributed by atoms with van der Waals surface area (Å²) in [7, 11) is 0. The average Bonchev–Trinajstić information content (AvgIpc) is 3.24. The minimum Gasteiger partial charge on any atom is -0.494 e. The Hall–Kier alpha value is -2.61. The lowest BCUT2D eigenvalue weighted by Crippen LogP contribution is -2.34. The third-order valence-electron chi connectivity index (χ3n) is 4.27. The number of nitrogens with one attached hydrogen (secondary N) is 1. The molecule has 3 N–H and O–H groups in total. The number of fused-ring (bicyclic) bond motifs is 1. The predicted octanol–water partition coefficient (Wildman–Crippen LogP) is 1.53. The minimum absolute atomic E-state index is 0.0634. The molecular weight excluding hydrogens is 348 g/mol. The number of aromatic nitrogens is 3. The second-order valence-electron chi connectivity index (χ2n) is 8.08. The van der Waals surface area contributed by atoms with Crippen molar-refractivity contribution < 1.29 is 15.0 Å². The number of hydrogen-bond acceptors (Lipinski definition) is 5. The first-order valence-corrected chi connectivity index (χ1v) is 9.14. The lowest BCUT2D eigenvalue weighted by atomic mass is 10.1. The smallest absolute Gasteiger partial charge is 0.291 e. The van der Waals surface area contributed by atoms with Gasteiger partial charge >= 0.3 is 0 Å². The summed E-state index contributed by atoms with van der Waals surface area (Å²) < 4.78 is 2.67. The Balaban J connectivity index is 2.21. The molecule has 8 nitrogen and oxygen atoms in total. The molecule has 1 amide bonds. The van der Waals surface area contributed by atoms with Crippen LogP contribution < -0.4 is 10.9 Å². The molecule has 2 aromatic heterocycles. The molecule has 1 aliphatic carbocycles. The summed E-state index contributed by atoms with van der Waals surface area (Å²) in [5.74, 6) is -0.788. The van der Waals surface area contributed by atoms with Crippen molar-refractivity contribution in [2.45, 2.75) is 58.7 Å². The summed E-state index contributed by atoms with van der Waals surface area (Å²) in [6.07, 6.45) is 6.48. The first-order valence-electron chi connectivity index (χ1n) is 9.14. The molecule has 0 saturated heterocycles. The van der Waals surface area contributed by atoms with Gasteiger partial charge in [-0.1, -0.05) is 26.0 Å². The van der Waals surface area contributed by atoms with Gasteiger partial charge in [-0.3, -0.25) is 14.2 Å². The van der Waals surface area contributed by atoms with Gasteiger partial charge in [-0.25, -0.2) is 0 Å². The largest absolute Gasteiger partial charge is 0.494 e. The molecular formula is C19H26N4O4. The van der Waals surface area contributed by atoms with E-state index in [9.17, 15) is 19.8 Å². The maximum Gasteiger partial charge on any atom is 0.291 e. The molecule has 0 atom stereocenters. The summed E-state index contributed by atoms with van der Waals surface area (Å²) in [4.78, 5) is 25.3. The Morgan fingerprint density at radius 3 is 2.67 bits per heavy atom. The topological polar surface area (TPSA) is 109 Å². The van der Waals surface area contributed by atoms with E-state index in [2.05, 4.69) is 10.4 Å². The second-order valence-corrected chi connectivity index (χ2v) is 8.08. The standard InChI is InChI=1S/C19H26N4O4/c1-11(2)10-22-16-12(7-8-19(3,4)27)9-20-23(16)18(26)14(17(22)25)15(24)21-13-5-6-13/h7-9,11,13,25,27H,5-6,10H2,1-4H3,(H,21,24). The van der Waals surface area contributed by atoms with Gasteiger partial charge in [0.2, 0.25) is 5.88 Å². The van der Waals surface area contributed by atoms with Gasteiger partial charge in [-0.2, -0.15) is 9.61 Å². The average molecular weight is 374 g/mol. The SMILES string of the molecule is CC(C)Cn1c(O)c(C(=O)NC2CC2)c(=O)n2ncc(C=CC(C)(C)O)c12. The Bertz CT molecular complexity index is 959. The van der Waals surface area contributed by atoms with Crippen LogP contribution in [-0.2, 0) is 6.54 Å². The van der Waals surface area contributed by atoms with Crippen LogP contribution in [0.25, 0.3) is 11.7 Å². The molecule has 0 aliphatic heterocycles. The molecule has 0 spiro atoms. The minimum atomic E-state index is -1.04. The van der Waals surface area contributed by atoms with Crippen LogP contribution in [0.4, 0.5) is 0 Å². The third-order valence-corrected chi connectivity index (χ3v) is 4.27. The Kier molecular flexibility index (Phi) is 4.86. The van der Waals surface area contributed by atoms with E-state index < -0.39 is 17.1 Å². The van der Waals surface area contributed by atoms with E-state index in [1.54, 1.807) is 26.0 Å². The molecule has 8 heteroatoms. The van der Waals surface area contributed by atoms with Crippen LogP contribution in [0, 0.1) is 5.92 Å². The summed E-state index contributed by atoms with van der Waals surface area (Å²) >= 11 is 0. The number of aliphatic hydroxyl groups is 1. The number of carbonyl (C=O) groups excluding carboxylic acids is 1. The van der Waals surface area contributed by atoms with E-state index in [0.717, 1.165) is 17.4 Å². The monoisotopic (exact) mass is 374 g/mol. The van der Waals surface area contributed by atoms with Crippen molar-refractivity contribution in [2.75, 3.05) is 0 Å². The summed E-state index contributed by atoms with van der Waals surface area (Å²) in [5, 5.41) is 27.6.